The molecule has 0 N–H and O–H groups in total. The topological polar surface area (TPSA) is 83.5 Å². The molecule has 8 nitrogen and oxygen atoms in total. The van der Waals surface area contributed by atoms with Gasteiger partial charge in [-0.05, 0) is 23.3 Å². The number of ketones is 1. The summed E-state index contributed by atoms with van der Waals surface area (Å²) in [6.07, 6.45) is -0.287. The summed E-state index contributed by atoms with van der Waals surface area (Å²) in [6, 6.07) is 3.86. The first-order valence-corrected chi connectivity index (χ1v) is 9.43. The quantitative estimate of drug-likeness (QED) is 0.750. The Bertz CT molecular complexity index is 947. The van der Waals surface area contributed by atoms with Crippen molar-refractivity contribution in [2.24, 2.45) is 0 Å². The molecule has 1 aromatic carbocycles. The highest BCUT2D eigenvalue weighted by molar-refractivity contribution is 5.94. The summed E-state index contributed by atoms with van der Waals surface area (Å²) in [5.41, 5.74) is 0.273. The summed E-state index contributed by atoms with van der Waals surface area (Å²) in [5, 5.41) is 0. The molecule has 0 radical (unpaired) electrons. The van der Waals surface area contributed by atoms with Gasteiger partial charge in [-0.15, -0.1) is 0 Å². The predicted octanol–water partition coefficient (Wildman–Crippen LogP) is 1.06. The molecule has 5 unspecified atom stereocenters. The molecule has 1 spiro atoms. The molecule has 1 amide bonds. The van der Waals surface area contributed by atoms with Gasteiger partial charge in [0.15, 0.2) is 23.4 Å². The number of hydrogen-bond acceptors (Lipinski definition) is 7. The lowest BCUT2D eigenvalue weighted by atomic mass is 9.51. The zero-order valence-corrected chi connectivity index (χ0v) is 15.9. The zero-order valence-electron chi connectivity index (χ0n) is 15.9. The third-order valence-electron chi connectivity index (χ3n) is 7.63. The lowest BCUT2D eigenvalue weighted by Crippen LogP contribution is -2.77. The number of amides is 1. The fourth-order valence-electron chi connectivity index (χ4n) is 6.64. The first kappa shape index (κ1) is 16.8. The van der Waals surface area contributed by atoms with E-state index >= 15 is 0 Å². The fraction of sp³-hybridized carbons (Fsp3) is 0.600. The van der Waals surface area contributed by atoms with Crippen molar-refractivity contribution in [1.29, 1.82) is 0 Å². The fourth-order valence-corrected chi connectivity index (χ4v) is 6.64. The van der Waals surface area contributed by atoms with Crippen molar-refractivity contribution in [3.05, 3.63) is 23.3 Å². The standard InChI is InChI=1S/C20H21NO7/c1-21-16(23)8-18-6-12(22)17(24-2)20(25-3)19(18,21)7-15(28-20)10-4-13-14(5-11(10)18)27-9-26-13/h4-5,15,17H,6-9H2,1-3H3. The van der Waals surface area contributed by atoms with E-state index in [0.717, 1.165) is 11.1 Å². The number of carbonyl (C=O) groups is 2. The molecule has 3 aliphatic heterocycles. The molecule has 148 valence electrons. The van der Waals surface area contributed by atoms with Gasteiger partial charge < -0.3 is 28.6 Å². The van der Waals surface area contributed by atoms with Crippen LogP contribution in [0.2, 0.25) is 0 Å². The molecule has 1 saturated carbocycles. The van der Waals surface area contributed by atoms with Crippen LogP contribution in [0.5, 0.6) is 11.5 Å². The SMILES string of the molecule is COC1C(=O)CC23CC(=O)N(C)C24CC(OC14OC)c1cc2c(cc13)OCO2. The van der Waals surface area contributed by atoms with Crippen molar-refractivity contribution in [3.8, 4) is 11.5 Å². The van der Waals surface area contributed by atoms with Crippen LogP contribution < -0.4 is 9.47 Å². The smallest absolute Gasteiger partial charge is 0.231 e. The molecular weight excluding hydrogens is 366 g/mol. The first-order valence-electron chi connectivity index (χ1n) is 9.43. The molecule has 2 saturated heterocycles. The molecule has 2 aliphatic carbocycles. The average Bonchev–Trinajstić information content (AvgIpc) is 3.33. The number of ether oxygens (including phenoxy) is 5. The Morgan fingerprint density at radius 3 is 2.61 bits per heavy atom. The third-order valence-corrected chi connectivity index (χ3v) is 7.63. The number of fused-ring (bicyclic) bond motifs is 4. The summed E-state index contributed by atoms with van der Waals surface area (Å²) in [7, 11) is 4.79. The van der Waals surface area contributed by atoms with E-state index < -0.39 is 22.8 Å². The Balaban J connectivity index is 1.71. The second-order valence-corrected chi connectivity index (χ2v) is 8.31. The number of Topliss-reactive ketones (excluding diaryl/α,β-unsaturated/α-hetero) is 1. The van der Waals surface area contributed by atoms with Gasteiger partial charge in [-0.3, -0.25) is 9.59 Å². The second kappa shape index (κ2) is 4.87. The van der Waals surface area contributed by atoms with E-state index in [1.54, 1.807) is 11.9 Å². The van der Waals surface area contributed by atoms with Crippen LogP contribution >= 0.6 is 0 Å². The maximum Gasteiger partial charge on any atom is 0.231 e. The Morgan fingerprint density at radius 1 is 1.14 bits per heavy atom. The number of hydrogen-bond donors (Lipinski definition) is 0. The van der Waals surface area contributed by atoms with Crippen molar-refractivity contribution in [2.75, 3.05) is 28.1 Å². The van der Waals surface area contributed by atoms with Crippen LogP contribution in [-0.2, 0) is 29.2 Å². The predicted molar refractivity (Wildman–Crippen MR) is 93.0 cm³/mol. The van der Waals surface area contributed by atoms with Gasteiger partial charge >= 0.3 is 0 Å². The van der Waals surface area contributed by atoms with Gasteiger partial charge in [-0.1, -0.05) is 0 Å². The van der Waals surface area contributed by atoms with Crippen LogP contribution in [0.25, 0.3) is 0 Å². The minimum atomic E-state index is -1.37. The molecule has 3 heterocycles. The summed E-state index contributed by atoms with van der Waals surface area (Å²) in [6.45, 7) is 0.160. The minimum Gasteiger partial charge on any atom is -0.454 e. The third kappa shape index (κ3) is 1.44. The molecule has 8 heteroatoms. The van der Waals surface area contributed by atoms with E-state index in [-0.39, 0.29) is 37.4 Å². The summed E-state index contributed by atoms with van der Waals surface area (Å²) >= 11 is 0. The lowest BCUT2D eigenvalue weighted by molar-refractivity contribution is -0.308. The van der Waals surface area contributed by atoms with Gasteiger partial charge in [0.1, 0.15) is 5.54 Å². The van der Waals surface area contributed by atoms with Gasteiger partial charge in [0.05, 0.1) is 6.10 Å². The molecule has 5 aliphatic rings. The van der Waals surface area contributed by atoms with Crippen molar-refractivity contribution >= 4 is 11.7 Å². The summed E-state index contributed by atoms with van der Waals surface area (Å²) in [4.78, 5) is 28.0. The number of rotatable bonds is 2. The normalized spacial score (nSPS) is 42.0. The van der Waals surface area contributed by atoms with Crippen molar-refractivity contribution in [1.82, 2.24) is 4.90 Å². The van der Waals surface area contributed by atoms with Crippen molar-refractivity contribution < 1.29 is 33.3 Å². The number of benzene rings is 1. The minimum absolute atomic E-state index is 0.0271. The number of nitrogens with zero attached hydrogens (tertiary/aromatic N) is 1. The van der Waals surface area contributed by atoms with Crippen molar-refractivity contribution in [2.45, 2.75) is 48.2 Å². The number of methoxy groups -OCH3 is 2. The Kier molecular flexibility index (Phi) is 2.92. The summed E-state index contributed by atoms with van der Waals surface area (Å²) < 4.78 is 29.3. The molecule has 5 atom stereocenters. The van der Waals surface area contributed by atoms with Gasteiger partial charge in [0.2, 0.25) is 18.5 Å². The monoisotopic (exact) mass is 387 g/mol. The van der Waals surface area contributed by atoms with Gasteiger partial charge in [0.25, 0.3) is 0 Å². The lowest BCUT2D eigenvalue weighted by Gasteiger charge is -2.58. The first-order chi connectivity index (χ1) is 13.4. The highest BCUT2D eigenvalue weighted by Crippen LogP contribution is 2.72. The molecule has 3 fully saturated rings. The Morgan fingerprint density at radius 2 is 1.89 bits per heavy atom. The van der Waals surface area contributed by atoms with Gasteiger partial charge in [-0.2, -0.15) is 0 Å². The maximum atomic E-state index is 13.2. The second-order valence-electron chi connectivity index (χ2n) is 8.31. The maximum absolute atomic E-state index is 13.2. The molecule has 1 aromatic rings. The van der Waals surface area contributed by atoms with Crippen LogP contribution in [0.4, 0.5) is 0 Å². The number of carbonyl (C=O) groups excluding carboxylic acids is 2. The van der Waals surface area contributed by atoms with E-state index in [1.165, 1.54) is 14.2 Å². The van der Waals surface area contributed by atoms with E-state index in [9.17, 15) is 9.59 Å². The summed E-state index contributed by atoms with van der Waals surface area (Å²) in [5.74, 6) is -0.217. The molecule has 6 rings (SSSR count). The molecule has 2 bridgehead atoms. The van der Waals surface area contributed by atoms with E-state index in [1.807, 2.05) is 12.1 Å². The van der Waals surface area contributed by atoms with E-state index in [2.05, 4.69) is 0 Å². The zero-order chi connectivity index (χ0) is 19.5. The Hall–Kier alpha value is -2.16. The van der Waals surface area contributed by atoms with Crippen LogP contribution in [0, 0.1) is 0 Å². The molecule has 28 heavy (non-hydrogen) atoms. The van der Waals surface area contributed by atoms with Crippen LogP contribution in [0.15, 0.2) is 12.1 Å². The van der Waals surface area contributed by atoms with Gasteiger partial charge in [-0.25, -0.2) is 0 Å². The highest BCUT2D eigenvalue weighted by Gasteiger charge is 2.84. The van der Waals surface area contributed by atoms with Crippen molar-refractivity contribution in [3.63, 3.8) is 0 Å². The number of likely N-dealkylation sites (N-methyl/N-ethyl adjacent to an activating group) is 1. The largest absolute Gasteiger partial charge is 0.454 e. The average molecular weight is 387 g/mol. The van der Waals surface area contributed by atoms with E-state index in [0.29, 0.717) is 17.9 Å². The Labute approximate surface area is 161 Å². The van der Waals surface area contributed by atoms with Crippen LogP contribution in [-0.4, -0.2) is 62.1 Å². The van der Waals surface area contributed by atoms with E-state index in [4.69, 9.17) is 23.7 Å². The number of likely N-dealkylation sites (tertiary alicyclic amines) is 1. The van der Waals surface area contributed by atoms with Crippen LogP contribution in [0.3, 0.4) is 0 Å². The molecule has 0 aromatic heterocycles. The van der Waals surface area contributed by atoms with Gasteiger partial charge in [0, 0.05) is 45.9 Å². The van der Waals surface area contributed by atoms with Crippen LogP contribution in [0.1, 0.15) is 36.5 Å². The highest BCUT2D eigenvalue weighted by atomic mass is 16.7. The molecular formula is C20H21NO7.